The normalized spacial score (nSPS) is 13.6. The highest BCUT2D eigenvalue weighted by Crippen LogP contribution is 2.43. The van der Waals surface area contributed by atoms with Crippen LogP contribution < -0.4 is 10.1 Å². The monoisotopic (exact) mass is 351 g/mol. The van der Waals surface area contributed by atoms with E-state index in [9.17, 15) is 18.4 Å². The van der Waals surface area contributed by atoms with Crippen molar-refractivity contribution in [3.63, 3.8) is 0 Å². The Balaban J connectivity index is 2.16. The molecule has 0 bridgehead atoms. The molecule has 7 heteroatoms. The predicted octanol–water partition coefficient (Wildman–Crippen LogP) is 3.93. The summed E-state index contributed by atoms with van der Waals surface area (Å²) in [6.45, 7) is 1.73. The molecule has 2 aromatic rings. The van der Waals surface area contributed by atoms with Gasteiger partial charge in [-0.05, 0) is 31.4 Å². The van der Waals surface area contributed by atoms with Crippen LogP contribution in [0.2, 0.25) is 0 Å². The number of fused-ring (bicyclic) bond motifs is 1. The summed E-state index contributed by atoms with van der Waals surface area (Å²) in [7, 11) is 0. The Morgan fingerprint density at radius 1 is 1.17 bits per heavy atom. The fourth-order valence-electron chi connectivity index (χ4n) is 2.64. The summed E-state index contributed by atoms with van der Waals surface area (Å²) in [5, 5.41) is 2.84. The molecule has 0 radical (unpaired) electrons. The lowest BCUT2D eigenvalue weighted by Gasteiger charge is -2.09. The average molecular weight is 351 g/mol. The van der Waals surface area contributed by atoms with Gasteiger partial charge in [-0.25, -0.2) is 8.78 Å². The summed E-state index contributed by atoms with van der Waals surface area (Å²) in [5.74, 6) is -2.75. The van der Waals surface area contributed by atoms with Crippen LogP contribution in [0.5, 0.6) is 5.75 Å². The molecule has 4 nitrogen and oxygen atoms in total. The van der Waals surface area contributed by atoms with Gasteiger partial charge in [-0.1, -0.05) is 6.07 Å². The molecule has 1 aromatic carbocycles. The molecule has 1 aliphatic rings. The predicted molar refractivity (Wildman–Crippen MR) is 86.8 cm³/mol. The highest BCUT2D eigenvalue weighted by Gasteiger charge is 2.30. The Bertz CT molecular complexity index is 796. The van der Waals surface area contributed by atoms with Crippen molar-refractivity contribution in [2.75, 3.05) is 11.9 Å². The van der Waals surface area contributed by atoms with Gasteiger partial charge in [0.2, 0.25) is 11.7 Å². The van der Waals surface area contributed by atoms with Crippen molar-refractivity contribution >= 4 is 28.0 Å². The molecule has 0 fully saturated rings. The Morgan fingerprint density at radius 2 is 1.88 bits per heavy atom. The third-order valence-corrected chi connectivity index (χ3v) is 4.83. The van der Waals surface area contributed by atoms with Gasteiger partial charge in [0.05, 0.1) is 17.7 Å². The standard InChI is InChI=1S/C17H15F2NO3S/c1-9(21)20-17-14(16-12(24-17)7-2-3-8-23-16)15(22)13-10(18)5-4-6-11(13)19/h4-6H,2-3,7-8H2,1H3,(H,20,21). The number of ether oxygens (including phenoxy) is 1. The molecule has 2 heterocycles. The lowest BCUT2D eigenvalue weighted by molar-refractivity contribution is -0.114. The second-order valence-corrected chi connectivity index (χ2v) is 6.58. The minimum atomic E-state index is -0.942. The van der Waals surface area contributed by atoms with Gasteiger partial charge in [-0.2, -0.15) is 0 Å². The summed E-state index contributed by atoms with van der Waals surface area (Å²) < 4.78 is 33.7. The second-order valence-electron chi connectivity index (χ2n) is 5.47. The van der Waals surface area contributed by atoms with Crippen LogP contribution in [0.25, 0.3) is 0 Å². The smallest absolute Gasteiger partial charge is 0.221 e. The van der Waals surface area contributed by atoms with Crippen LogP contribution in [-0.2, 0) is 11.2 Å². The first-order chi connectivity index (χ1) is 11.5. The molecule has 1 aliphatic heterocycles. The number of hydrogen-bond acceptors (Lipinski definition) is 4. The molecule has 0 aliphatic carbocycles. The quantitative estimate of drug-likeness (QED) is 0.853. The topological polar surface area (TPSA) is 55.4 Å². The van der Waals surface area contributed by atoms with E-state index in [2.05, 4.69) is 5.32 Å². The van der Waals surface area contributed by atoms with Crippen LogP contribution in [0.15, 0.2) is 18.2 Å². The van der Waals surface area contributed by atoms with E-state index in [0.717, 1.165) is 29.9 Å². The Labute approximate surface area is 141 Å². The van der Waals surface area contributed by atoms with Crippen molar-refractivity contribution in [3.05, 3.63) is 45.8 Å². The van der Waals surface area contributed by atoms with Gasteiger partial charge < -0.3 is 10.1 Å². The van der Waals surface area contributed by atoms with Gasteiger partial charge >= 0.3 is 0 Å². The molecule has 0 saturated heterocycles. The zero-order valence-corrected chi connectivity index (χ0v) is 13.8. The first-order valence-electron chi connectivity index (χ1n) is 7.53. The number of ketones is 1. The van der Waals surface area contributed by atoms with Crippen LogP contribution in [0.4, 0.5) is 13.8 Å². The number of carbonyl (C=O) groups excluding carboxylic acids is 2. The first kappa shape index (κ1) is 16.6. The molecule has 0 unspecified atom stereocenters. The molecule has 0 atom stereocenters. The maximum Gasteiger partial charge on any atom is 0.221 e. The Hall–Kier alpha value is -2.28. The largest absolute Gasteiger partial charge is 0.492 e. The van der Waals surface area contributed by atoms with Crippen LogP contribution in [-0.4, -0.2) is 18.3 Å². The summed E-state index contributed by atoms with van der Waals surface area (Å²) in [4.78, 5) is 25.1. The average Bonchev–Trinajstić information content (AvgIpc) is 2.68. The molecule has 0 spiro atoms. The molecule has 126 valence electrons. The van der Waals surface area contributed by atoms with Gasteiger partial charge in [-0.15, -0.1) is 11.3 Å². The van der Waals surface area contributed by atoms with Gasteiger partial charge in [0.25, 0.3) is 0 Å². The van der Waals surface area contributed by atoms with Crippen molar-refractivity contribution in [2.24, 2.45) is 0 Å². The lowest BCUT2D eigenvalue weighted by Crippen LogP contribution is -2.13. The van der Waals surface area contributed by atoms with E-state index in [1.807, 2.05) is 0 Å². The van der Waals surface area contributed by atoms with E-state index in [1.165, 1.54) is 24.3 Å². The molecule has 24 heavy (non-hydrogen) atoms. The zero-order chi connectivity index (χ0) is 17.3. The first-order valence-corrected chi connectivity index (χ1v) is 8.35. The van der Waals surface area contributed by atoms with Crippen molar-refractivity contribution in [1.82, 2.24) is 0 Å². The van der Waals surface area contributed by atoms with E-state index < -0.39 is 23.0 Å². The molecular formula is C17H15F2NO3S. The number of thiophene rings is 1. The van der Waals surface area contributed by atoms with Crippen LogP contribution >= 0.6 is 11.3 Å². The lowest BCUT2D eigenvalue weighted by atomic mass is 10.0. The summed E-state index contributed by atoms with van der Waals surface area (Å²) in [6, 6.07) is 3.25. The maximum absolute atomic E-state index is 14.0. The molecule has 0 saturated carbocycles. The Kier molecular flexibility index (Phi) is 4.62. The maximum atomic E-state index is 14.0. The summed E-state index contributed by atoms with van der Waals surface area (Å²) in [5.41, 5.74) is -0.617. The Morgan fingerprint density at radius 3 is 2.54 bits per heavy atom. The van der Waals surface area contributed by atoms with E-state index in [0.29, 0.717) is 18.8 Å². The van der Waals surface area contributed by atoms with Crippen molar-refractivity contribution in [1.29, 1.82) is 0 Å². The third-order valence-electron chi connectivity index (χ3n) is 3.68. The molecule has 1 aromatic heterocycles. The van der Waals surface area contributed by atoms with Gasteiger partial charge in [-0.3, -0.25) is 9.59 Å². The molecule has 1 N–H and O–H groups in total. The van der Waals surface area contributed by atoms with Crippen LogP contribution in [0.3, 0.4) is 0 Å². The minimum Gasteiger partial charge on any atom is -0.492 e. The number of benzene rings is 1. The van der Waals surface area contributed by atoms with Gasteiger partial charge in [0.15, 0.2) is 0 Å². The molecule has 1 amide bonds. The fraction of sp³-hybridized carbons (Fsp3) is 0.294. The van der Waals surface area contributed by atoms with E-state index in [-0.39, 0.29) is 16.5 Å². The SMILES string of the molecule is CC(=O)Nc1sc2c(c1C(=O)c1c(F)cccc1F)OCCCC2. The fourth-order valence-corrected chi connectivity index (χ4v) is 3.86. The van der Waals surface area contributed by atoms with Crippen molar-refractivity contribution in [3.8, 4) is 5.75 Å². The van der Waals surface area contributed by atoms with Gasteiger partial charge in [0, 0.05) is 11.8 Å². The van der Waals surface area contributed by atoms with Crippen LogP contribution in [0, 0.1) is 11.6 Å². The highest BCUT2D eigenvalue weighted by molar-refractivity contribution is 7.17. The van der Waals surface area contributed by atoms with Gasteiger partial charge in [0.1, 0.15) is 22.4 Å². The highest BCUT2D eigenvalue weighted by atomic mass is 32.1. The number of nitrogens with one attached hydrogen (secondary N) is 1. The number of carbonyl (C=O) groups is 2. The third kappa shape index (κ3) is 3.03. The summed E-state index contributed by atoms with van der Waals surface area (Å²) in [6.07, 6.45) is 2.41. The number of aryl methyl sites for hydroxylation is 1. The second kappa shape index (κ2) is 6.68. The number of hydrogen-bond donors (Lipinski definition) is 1. The number of rotatable bonds is 3. The van der Waals surface area contributed by atoms with E-state index in [1.54, 1.807) is 0 Å². The zero-order valence-electron chi connectivity index (χ0n) is 12.9. The number of halogens is 2. The molecule has 3 rings (SSSR count). The molecular weight excluding hydrogens is 336 g/mol. The van der Waals surface area contributed by atoms with Crippen LogP contribution in [0.1, 0.15) is 40.6 Å². The number of anilines is 1. The minimum absolute atomic E-state index is 0.0242. The van der Waals surface area contributed by atoms with Crippen molar-refractivity contribution < 1.29 is 23.1 Å². The van der Waals surface area contributed by atoms with Crippen molar-refractivity contribution in [2.45, 2.75) is 26.2 Å². The van der Waals surface area contributed by atoms with E-state index >= 15 is 0 Å². The number of amides is 1. The summed E-state index contributed by atoms with van der Waals surface area (Å²) >= 11 is 1.22. The van der Waals surface area contributed by atoms with E-state index in [4.69, 9.17) is 4.74 Å².